The summed E-state index contributed by atoms with van der Waals surface area (Å²) in [6, 6.07) is 10.4. The topological polar surface area (TPSA) is 75.7 Å². The van der Waals surface area contributed by atoms with E-state index in [0.29, 0.717) is 31.7 Å². The molecule has 0 aliphatic carbocycles. The van der Waals surface area contributed by atoms with Crippen LogP contribution in [-0.4, -0.2) is 34.6 Å². The number of nitrogens with one attached hydrogen (secondary N) is 1. The van der Waals surface area contributed by atoms with Crippen molar-refractivity contribution in [1.29, 1.82) is 0 Å². The van der Waals surface area contributed by atoms with E-state index in [-0.39, 0.29) is 10.8 Å². The standard InChI is InChI=1S/C20H24N2O4S/c1-14-4-7-18(12-15(14)2)27(24,25)21-17-6-8-19-16(13-17)5-9-20(23)22(19)10-11-26-3/h4,6-8,12-13,21H,5,9-11H2,1-3H3. The number of methoxy groups -OCH3 is 1. The van der Waals surface area contributed by atoms with E-state index in [9.17, 15) is 13.2 Å². The van der Waals surface area contributed by atoms with E-state index in [0.717, 1.165) is 22.4 Å². The Morgan fingerprint density at radius 1 is 1.07 bits per heavy atom. The third kappa shape index (κ3) is 4.14. The molecule has 0 bridgehead atoms. The molecule has 7 heteroatoms. The van der Waals surface area contributed by atoms with Gasteiger partial charge in [-0.1, -0.05) is 6.07 Å². The van der Waals surface area contributed by atoms with Gasteiger partial charge in [-0.25, -0.2) is 8.42 Å². The molecule has 1 amide bonds. The minimum atomic E-state index is -3.67. The number of rotatable bonds is 6. The first kappa shape index (κ1) is 19.4. The fourth-order valence-corrected chi connectivity index (χ4v) is 4.28. The Kier molecular flexibility index (Phi) is 5.53. The largest absolute Gasteiger partial charge is 0.383 e. The molecule has 1 heterocycles. The maximum absolute atomic E-state index is 12.7. The van der Waals surface area contributed by atoms with E-state index in [1.165, 1.54) is 0 Å². The van der Waals surface area contributed by atoms with Crippen molar-refractivity contribution in [2.24, 2.45) is 0 Å². The van der Waals surface area contributed by atoms with Gasteiger partial charge in [0, 0.05) is 31.5 Å². The monoisotopic (exact) mass is 388 g/mol. The van der Waals surface area contributed by atoms with Gasteiger partial charge in [-0.15, -0.1) is 0 Å². The molecule has 0 saturated heterocycles. The predicted molar refractivity (Wildman–Crippen MR) is 106 cm³/mol. The van der Waals surface area contributed by atoms with Crippen molar-refractivity contribution in [1.82, 2.24) is 0 Å². The second-order valence-corrected chi connectivity index (χ2v) is 8.42. The molecule has 0 fully saturated rings. The Morgan fingerprint density at radius 3 is 2.56 bits per heavy atom. The molecular formula is C20H24N2O4S. The summed E-state index contributed by atoms with van der Waals surface area (Å²) in [5.41, 5.74) is 4.23. The van der Waals surface area contributed by atoms with Gasteiger partial charge >= 0.3 is 0 Å². The zero-order valence-corrected chi connectivity index (χ0v) is 16.6. The van der Waals surface area contributed by atoms with Crippen molar-refractivity contribution in [3.63, 3.8) is 0 Å². The van der Waals surface area contributed by atoms with Gasteiger partial charge in [-0.05, 0) is 67.3 Å². The molecule has 6 nitrogen and oxygen atoms in total. The smallest absolute Gasteiger partial charge is 0.261 e. The lowest BCUT2D eigenvalue weighted by Gasteiger charge is -2.29. The Morgan fingerprint density at radius 2 is 1.85 bits per heavy atom. The first-order chi connectivity index (χ1) is 12.8. The van der Waals surface area contributed by atoms with Crippen LogP contribution in [0.5, 0.6) is 0 Å². The minimum absolute atomic E-state index is 0.0583. The maximum atomic E-state index is 12.7. The zero-order chi connectivity index (χ0) is 19.6. The lowest BCUT2D eigenvalue weighted by molar-refractivity contribution is -0.119. The number of hydrogen-bond acceptors (Lipinski definition) is 4. The van der Waals surface area contributed by atoms with E-state index in [1.807, 2.05) is 13.8 Å². The van der Waals surface area contributed by atoms with Gasteiger partial charge in [0.05, 0.1) is 11.5 Å². The molecule has 27 heavy (non-hydrogen) atoms. The predicted octanol–water partition coefficient (Wildman–Crippen LogP) is 3.03. The number of sulfonamides is 1. The molecule has 0 aromatic heterocycles. The molecule has 0 saturated carbocycles. The second kappa shape index (κ2) is 7.70. The molecule has 144 valence electrons. The van der Waals surface area contributed by atoms with E-state index < -0.39 is 10.0 Å². The van der Waals surface area contributed by atoms with Gasteiger partial charge in [-0.3, -0.25) is 9.52 Å². The van der Waals surface area contributed by atoms with E-state index >= 15 is 0 Å². The van der Waals surface area contributed by atoms with Gasteiger partial charge < -0.3 is 9.64 Å². The number of carbonyl (C=O) groups excluding carboxylic acids is 1. The lowest BCUT2D eigenvalue weighted by atomic mass is 10.0. The van der Waals surface area contributed by atoms with Crippen LogP contribution in [0.3, 0.4) is 0 Å². The number of hydrogen-bond donors (Lipinski definition) is 1. The summed E-state index contributed by atoms with van der Waals surface area (Å²) in [6.45, 7) is 4.76. The fraction of sp³-hybridized carbons (Fsp3) is 0.350. The van der Waals surface area contributed by atoms with Crippen molar-refractivity contribution in [3.8, 4) is 0 Å². The van der Waals surface area contributed by atoms with Gasteiger partial charge in [0.2, 0.25) is 5.91 Å². The van der Waals surface area contributed by atoms with Crippen LogP contribution in [0.15, 0.2) is 41.3 Å². The molecule has 0 spiro atoms. The number of ether oxygens (including phenoxy) is 1. The first-order valence-electron chi connectivity index (χ1n) is 8.84. The van der Waals surface area contributed by atoms with E-state index in [2.05, 4.69) is 4.72 Å². The summed E-state index contributed by atoms with van der Waals surface area (Å²) in [6.07, 6.45) is 1.00. The molecule has 3 rings (SSSR count). The van der Waals surface area contributed by atoms with Crippen LogP contribution in [0, 0.1) is 13.8 Å². The molecule has 0 unspecified atom stereocenters. The van der Waals surface area contributed by atoms with Crippen LogP contribution >= 0.6 is 0 Å². The molecule has 2 aromatic rings. The minimum Gasteiger partial charge on any atom is -0.383 e. The summed E-state index contributed by atoms with van der Waals surface area (Å²) < 4.78 is 33.1. The SMILES string of the molecule is COCCN1C(=O)CCc2cc(NS(=O)(=O)c3ccc(C)c(C)c3)ccc21. The van der Waals surface area contributed by atoms with Crippen LogP contribution < -0.4 is 9.62 Å². The Labute approximate surface area is 160 Å². The Balaban J connectivity index is 1.86. The van der Waals surface area contributed by atoms with Gasteiger partial charge in [0.1, 0.15) is 0 Å². The van der Waals surface area contributed by atoms with Gasteiger partial charge in [0.15, 0.2) is 0 Å². The summed E-state index contributed by atoms with van der Waals surface area (Å²) in [5, 5.41) is 0. The third-order valence-corrected chi connectivity index (χ3v) is 6.22. The highest BCUT2D eigenvalue weighted by Crippen LogP contribution is 2.31. The molecule has 0 radical (unpaired) electrons. The van der Waals surface area contributed by atoms with Crippen LogP contribution in [0.25, 0.3) is 0 Å². The number of benzene rings is 2. The number of anilines is 2. The summed E-state index contributed by atoms with van der Waals surface area (Å²) in [5.74, 6) is 0.0583. The number of nitrogens with zero attached hydrogens (tertiary/aromatic N) is 1. The Bertz CT molecular complexity index is 970. The van der Waals surface area contributed by atoms with Crippen LogP contribution in [0.1, 0.15) is 23.1 Å². The molecule has 1 aliphatic heterocycles. The molecule has 1 aliphatic rings. The van der Waals surface area contributed by atoms with Crippen LogP contribution in [-0.2, 0) is 26.0 Å². The summed E-state index contributed by atoms with van der Waals surface area (Å²) in [7, 11) is -2.07. The average molecular weight is 388 g/mol. The van der Waals surface area contributed by atoms with Crippen molar-refractivity contribution >= 4 is 27.3 Å². The second-order valence-electron chi connectivity index (χ2n) is 6.73. The fourth-order valence-electron chi connectivity index (χ4n) is 3.15. The molecule has 0 atom stereocenters. The zero-order valence-electron chi connectivity index (χ0n) is 15.8. The normalized spacial score (nSPS) is 14.2. The highest BCUT2D eigenvalue weighted by Gasteiger charge is 2.24. The quantitative estimate of drug-likeness (QED) is 0.825. The van der Waals surface area contributed by atoms with E-state index in [1.54, 1.807) is 48.4 Å². The maximum Gasteiger partial charge on any atom is 0.261 e. The third-order valence-electron chi connectivity index (χ3n) is 4.84. The number of fused-ring (bicyclic) bond motifs is 1. The van der Waals surface area contributed by atoms with Crippen molar-refractivity contribution < 1.29 is 17.9 Å². The highest BCUT2D eigenvalue weighted by atomic mass is 32.2. The van der Waals surface area contributed by atoms with Gasteiger partial charge in [0.25, 0.3) is 10.0 Å². The highest BCUT2D eigenvalue weighted by molar-refractivity contribution is 7.92. The lowest BCUT2D eigenvalue weighted by Crippen LogP contribution is -2.37. The number of aryl methyl sites for hydroxylation is 3. The van der Waals surface area contributed by atoms with Crippen LogP contribution in [0.4, 0.5) is 11.4 Å². The van der Waals surface area contributed by atoms with Gasteiger partial charge in [-0.2, -0.15) is 0 Å². The number of carbonyl (C=O) groups is 1. The molecule has 2 aromatic carbocycles. The first-order valence-corrected chi connectivity index (χ1v) is 10.3. The van der Waals surface area contributed by atoms with Crippen molar-refractivity contribution in [2.45, 2.75) is 31.6 Å². The van der Waals surface area contributed by atoms with Crippen LogP contribution in [0.2, 0.25) is 0 Å². The molecule has 1 N–H and O–H groups in total. The number of amides is 1. The molecular weight excluding hydrogens is 364 g/mol. The van der Waals surface area contributed by atoms with Crippen molar-refractivity contribution in [2.75, 3.05) is 29.9 Å². The van der Waals surface area contributed by atoms with Crippen molar-refractivity contribution in [3.05, 3.63) is 53.1 Å². The summed E-state index contributed by atoms with van der Waals surface area (Å²) >= 11 is 0. The van der Waals surface area contributed by atoms with E-state index in [4.69, 9.17) is 4.74 Å². The average Bonchev–Trinajstić information content (AvgIpc) is 2.63. The summed E-state index contributed by atoms with van der Waals surface area (Å²) in [4.78, 5) is 14.1. The Hall–Kier alpha value is -2.38.